The number of halogens is 2. The number of alkyl halides is 2. The number of hydrogen-bond donors (Lipinski definition) is 0. The van der Waals surface area contributed by atoms with Gasteiger partial charge in [0.15, 0.2) is 0 Å². The Labute approximate surface area is 232 Å². The van der Waals surface area contributed by atoms with Gasteiger partial charge in [-0.05, 0) is 87.0 Å². The Morgan fingerprint density at radius 2 is 1.16 bits per heavy atom. The van der Waals surface area contributed by atoms with E-state index in [1.165, 1.54) is 12.8 Å². The van der Waals surface area contributed by atoms with Gasteiger partial charge in [-0.1, -0.05) is 6.92 Å². The van der Waals surface area contributed by atoms with E-state index in [0.717, 1.165) is 58.5 Å². The molecule has 4 aliphatic heterocycles. The largest absolute Gasteiger partial charge is 0.373 e. The monoisotopic (exact) mass is 540 g/mol. The molecule has 0 N–H and O–H groups in total. The molecule has 0 aliphatic carbocycles. The average Bonchev–Trinajstić information content (AvgIpc) is 2.83. The molecule has 0 aromatic heterocycles. The molecule has 0 radical (unpaired) electrons. The fourth-order valence-corrected chi connectivity index (χ4v) is 7.67. The summed E-state index contributed by atoms with van der Waals surface area (Å²) in [6, 6.07) is 1.03. The van der Waals surface area contributed by atoms with E-state index in [2.05, 4.69) is 68.1 Å². The van der Waals surface area contributed by atoms with Crippen LogP contribution in [0.15, 0.2) is 0 Å². The van der Waals surface area contributed by atoms with Crippen molar-refractivity contribution in [2.75, 3.05) is 52.4 Å². The first-order chi connectivity index (χ1) is 17.6. The topological polar surface area (TPSA) is 22.2 Å². The number of nitrogens with zero attached hydrogens (tertiary/aromatic N) is 4. The molecule has 4 fully saturated rings. The Balaban J connectivity index is 1.31. The van der Waals surface area contributed by atoms with Crippen molar-refractivity contribution in [3.05, 3.63) is 0 Å². The lowest BCUT2D eigenvalue weighted by molar-refractivity contribution is -0.161. The van der Waals surface area contributed by atoms with E-state index < -0.39 is 17.8 Å². The second kappa shape index (κ2) is 11.9. The van der Waals surface area contributed by atoms with Crippen LogP contribution in [0.4, 0.5) is 8.78 Å². The third-order valence-electron chi connectivity index (χ3n) is 10.2. The van der Waals surface area contributed by atoms with Crippen molar-refractivity contribution in [2.24, 2.45) is 11.8 Å². The van der Waals surface area contributed by atoms with Crippen LogP contribution in [-0.4, -0.2) is 113 Å². The smallest absolute Gasteiger partial charge is 0.255 e. The zero-order valence-electron chi connectivity index (χ0n) is 25.8. The van der Waals surface area contributed by atoms with Crippen LogP contribution in [-0.2, 0) is 4.74 Å². The van der Waals surface area contributed by atoms with Gasteiger partial charge < -0.3 is 4.74 Å². The summed E-state index contributed by atoms with van der Waals surface area (Å²) >= 11 is 0. The minimum Gasteiger partial charge on any atom is -0.373 e. The van der Waals surface area contributed by atoms with E-state index in [9.17, 15) is 0 Å². The van der Waals surface area contributed by atoms with Gasteiger partial charge in [-0.25, -0.2) is 8.78 Å². The van der Waals surface area contributed by atoms with Crippen LogP contribution in [0.5, 0.6) is 0 Å². The van der Waals surface area contributed by atoms with Gasteiger partial charge in [0.1, 0.15) is 0 Å². The highest BCUT2D eigenvalue weighted by Gasteiger charge is 2.50. The molecule has 4 rings (SSSR count). The maximum absolute atomic E-state index is 15.5. The predicted molar refractivity (Wildman–Crippen MR) is 153 cm³/mol. The van der Waals surface area contributed by atoms with Crippen molar-refractivity contribution < 1.29 is 13.5 Å². The molecule has 5 nitrogen and oxygen atoms in total. The molecule has 4 saturated heterocycles. The van der Waals surface area contributed by atoms with E-state index in [4.69, 9.17) is 4.74 Å². The summed E-state index contributed by atoms with van der Waals surface area (Å²) in [5, 5.41) is 0. The lowest BCUT2D eigenvalue weighted by atomic mass is 9.81. The molecule has 4 unspecified atom stereocenters. The second-order valence-corrected chi connectivity index (χ2v) is 15.1. The van der Waals surface area contributed by atoms with Gasteiger partial charge in [0.25, 0.3) is 5.92 Å². The quantitative estimate of drug-likeness (QED) is 0.453. The summed E-state index contributed by atoms with van der Waals surface area (Å²) in [6.45, 7) is 25.0. The third-order valence-corrected chi connectivity index (χ3v) is 10.2. The zero-order valence-corrected chi connectivity index (χ0v) is 25.8. The number of piperidine rings is 3. The molecule has 4 aliphatic rings. The van der Waals surface area contributed by atoms with Crippen LogP contribution >= 0.6 is 0 Å². The van der Waals surface area contributed by atoms with Gasteiger partial charge in [-0.3, -0.25) is 19.6 Å². The highest BCUT2D eigenvalue weighted by molar-refractivity contribution is 4.96. The number of rotatable bonds is 5. The highest BCUT2D eigenvalue weighted by atomic mass is 19.3. The van der Waals surface area contributed by atoms with Gasteiger partial charge in [0.2, 0.25) is 0 Å². The Morgan fingerprint density at radius 3 is 1.63 bits per heavy atom. The van der Waals surface area contributed by atoms with Crippen LogP contribution < -0.4 is 0 Å². The molecule has 4 heterocycles. The van der Waals surface area contributed by atoms with Crippen molar-refractivity contribution in [1.82, 2.24) is 19.6 Å². The molecule has 0 aromatic rings. The highest BCUT2D eigenvalue weighted by Crippen LogP contribution is 2.42. The van der Waals surface area contributed by atoms with Gasteiger partial charge in [-0.15, -0.1) is 0 Å². The standard InChI is InChI=1S/C31H58F2N4O/c1-23-19-34(26-11-15-36(16-12-26)29(3,4)5)21-25(31(23,32)33)9-10-28-22-35(20-24(2)38-28)27-13-17-37(18-14-27)30(6,7)8/h23-28H,9-22H2,1-8H3. The maximum Gasteiger partial charge on any atom is 0.255 e. The fourth-order valence-electron chi connectivity index (χ4n) is 7.67. The molecule has 0 aromatic carbocycles. The predicted octanol–water partition coefficient (Wildman–Crippen LogP) is 5.58. The molecule has 0 saturated carbocycles. The minimum absolute atomic E-state index is 0.0657. The third kappa shape index (κ3) is 7.29. The first-order valence-electron chi connectivity index (χ1n) is 15.7. The van der Waals surface area contributed by atoms with E-state index in [1.807, 2.05) is 0 Å². The Morgan fingerprint density at radius 1 is 0.684 bits per heavy atom. The summed E-state index contributed by atoms with van der Waals surface area (Å²) in [7, 11) is 0. The zero-order chi connectivity index (χ0) is 27.9. The summed E-state index contributed by atoms with van der Waals surface area (Å²) in [4.78, 5) is 10.2. The first-order valence-corrected chi connectivity index (χ1v) is 15.7. The second-order valence-electron chi connectivity index (χ2n) is 15.1. The Hall–Kier alpha value is -0.340. The van der Waals surface area contributed by atoms with Crippen molar-refractivity contribution in [2.45, 2.75) is 135 Å². The van der Waals surface area contributed by atoms with Gasteiger partial charge in [-0.2, -0.15) is 0 Å². The number of morpholine rings is 1. The molecule has 0 spiro atoms. The molecular formula is C31H58F2N4O. The maximum atomic E-state index is 15.5. The van der Waals surface area contributed by atoms with Gasteiger partial charge in [0, 0.05) is 87.4 Å². The van der Waals surface area contributed by atoms with Gasteiger partial charge in [0.05, 0.1) is 12.2 Å². The molecule has 0 amide bonds. The summed E-state index contributed by atoms with van der Waals surface area (Å²) < 4.78 is 37.3. The molecule has 7 heteroatoms. The molecule has 0 bridgehead atoms. The molecular weight excluding hydrogens is 482 g/mol. The van der Waals surface area contributed by atoms with Crippen LogP contribution in [0.25, 0.3) is 0 Å². The molecule has 222 valence electrons. The lowest BCUT2D eigenvalue weighted by Crippen LogP contribution is -2.58. The average molecular weight is 541 g/mol. The van der Waals surface area contributed by atoms with E-state index in [1.54, 1.807) is 6.92 Å². The Kier molecular flexibility index (Phi) is 9.57. The SMILES string of the molecule is CC1CN(C2CCN(C(C)(C)C)CC2)CC(CCC2CN(C3CCN(C(C)(C)C)CC3)CC(C)C2(F)F)O1. The summed E-state index contributed by atoms with van der Waals surface area (Å²) in [5.74, 6) is -3.75. The minimum atomic E-state index is -2.59. The van der Waals surface area contributed by atoms with E-state index in [0.29, 0.717) is 31.6 Å². The van der Waals surface area contributed by atoms with E-state index >= 15 is 8.78 Å². The van der Waals surface area contributed by atoms with Crippen LogP contribution in [0.2, 0.25) is 0 Å². The molecule has 38 heavy (non-hydrogen) atoms. The van der Waals surface area contributed by atoms with Crippen molar-refractivity contribution in [3.63, 3.8) is 0 Å². The number of likely N-dealkylation sites (tertiary alicyclic amines) is 3. The Bertz CT molecular complexity index is 750. The van der Waals surface area contributed by atoms with Gasteiger partial charge >= 0.3 is 0 Å². The molecule has 4 atom stereocenters. The van der Waals surface area contributed by atoms with Crippen molar-refractivity contribution >= 4 is 0 Å². The number of ether oxygens (including phenoxy) is 1. The first kappa shape index (κ1) is 30.6. The van der Waals surface area contributed by atoms with Crippen molar-refractivity contribution in [1.29, 1.82) is 0 Å². The van der Waals surface area contributed by atoms with Crippen molar-refractivity contribution in [3.8, 4) is 0 Å². The normalized spacial score (nSPS) is 34.6. The summed E-state index contributed by atoms with van der Waals surface area (Å²) in [5.41, 5.74) is 0.413. The number of hydrogen-bond acceptors (Lipinski definition) is 5. The van der Waals surface area contributed by atoms with Crippen LogP contribution in [0, 0.1) is 11.8 Å². The summed E-state index contributed by atoms with van der Waals surface area (Å²) in [6.07, 6.45) is 6.10. The lowest BCUT2D eigenvalue weighted by Gasteiger charge is -2.49. The van der Waals surface area contributed by atoms with E-state index in [-0.39, 0.29) is 23.3 Å². The van der Waals surface area contributed by atoms with Crippen LogP contribution in [0.1, 0.15) is 93.9 Å². The van der Waals surface area contributed by atoms with Crippen LogP contribution in [0.3, 0.4) is 0 Å². The fraction of sp³-hybridized carbons (Fsp3) is 1.00.